The standard InChI is InChI=1S/C26H30N6/c1-18(2)22-7-9-24(30-29-22)31-13-10-26(11-14-31)15-19(3)32(17-26)23-8-6-20(16-27)25-21(23)5-4-12-28-25/h4-9,12,18-19H,10-11,13-15,17H2,1-3H3. The van der Waals surface area contributed by atoms with Crippen molar-refractivity contribution < 1.29 is 0 Å². The number of aromatic nitrogens is 3. The lowest BCUT2D eigenvalue weighted by atomic mass is 9.77. The van der Waals surface area contributed by atoms with E-state index in [2.05, 4.69) is 76.1 Å². The zero-order valence-corrected chi connectivity index (χ0v) is 19.1. The SMILES string of the molecule is CC(C)c1ccc(N2CCC3(CC2)CC(C)N(c2ccc(C#N)c4ncccc24)C3)nn1. The molecule has 2 aliphatic heterocycles. The summed E-state index contributed by atoms with van der Waals surface area (Å²) in [5.41, 5.74) is 4.02. The Morgan fingerprint density at radius 2 is 1.91 bits per heavy atom. The molecule has 1 aromatic carbocycles. The van der Waals surface area contributed by atoms with Crippen LogP contribution in [0.5, 0.6) is 0 Å². The molecule has 5 rings (SSSR count). The van der Waals surface area contributed by atoms with Crippen LogP contribution in [0.4, 0.5) is 11.5 Å². The third-order valence-corrected chi connectivity index (χ3v) is 7.35. The molecule has 1 atom stereocenters. The van der Waals surface area contributed by atoms with E-state index >= 15 is 0 Å². The molecule has 0 amide bonds. The van der Waals surface area contributed by atoms with Gasteiger partial charge in [-0.05, 0) is 73.9 Å². The lowest BCUT2D eigenvalue weighted by molar-refractivity contribution is 0.244. The molecule has 164 valence electrons. The molecule has 0 radical (unpaired) electrons. The van der Waals surface area contributed by atoms with Gasteiger partial charge in [-0.15, -0.1) is 5.10 Å². The second-order valence-electron chi connectivity index (χ2n) is 9.78. The van der Waals surface area contributed by atoms with Crippen molar-refractivity contribution in [2.45, 2.75) is 52.0 Å². The normalized spacial score (nSPS) is 20.3. The summed E-state index contributed by atoms with van der Waals surface area (Å²) in [5, 5.41) is 19.5. The molecule has 0 aliphatic carbocycles. The van der Waals surface area contributed by atoms with E-state index in [1.807, 2.05) is 12.1 Å². The number of nitrogens with zero attached hydrogens (tertiary/aromatic N) is 6. The summed E-state index contributed by atoms with van der Waals surface area (Å²) in [7, 11) is 0. The van der Waals surface area contributed by atoms with E-state index in [0.717, 1.165) is 54.9 Å². The van der Waals surface area contributed by atoms with Crippen molar-refractivity contribution in [3.8, 4) is 6.07 Å². The highest BCUT2D eigenvalue weighted by Gasteiger charge is 2.44. The van der Waals surface area contributed by atoms with E-state index in [4.69, 9.17) is 0 Å². The van der Waals surface area contributed by atoms with Gasteiger partial charge in [0.1, 0.15) is 6.07 Å². The zero-order valence-electron chi connectivity index (χ0n) is 19.1. The topological polar surface area (TPSA) is 68.9 Å². The van der Waals surface area contributed by atoms with Crippen molar-refractivity contribution in [2.75, 3.05) is 29.4 Å². The van der Waals surface area contributed by atoms with E-state index in [0.29, 0.717) is 22.9 Å². The van der Waals surface area contributed by atoms with Gasteiger partial charge in [-0.25, -0.2) is 0 Å². The largest absolute Gasteiger partial charge is 0.368 e. The van der Waals surface area contributed by atoms with Crippen molar-refractivity contribution in [1.82, 2.24) is 15.2 Å². The first kappa shape index (κ1) is 20.7. The van der Waals surface area contributed by atoms with Crippen LogP contribution in [0.2, 0.25) is 0 Å². The van der Waals surface area contributed by atoms with Crippen molar-refractivity contribution >= 4 is 22.4 Å². The molecule has 0 saturated carbocycles. The number of piperidine rings is 1. The Bertz CT molecular complexity index is 1160. The maximum atomic E-state index is 9.49. The summed E-state index contributed by atoms with van der Waals surface area (Å²) < 4.78 is 0. The third kappa shape index (κ3) is 3.56. The number of hydrogen-bond donors (Lipinski definition) is 0. The van der Waals surface area contributed by atoms with Crippen LogP contribution in [0.25, 0.3) is 10.9 Å². The molecule has 2 aromatic heterocycles. The molecule has 3 aromatic rings. The first-order valence-corrected chi connectivity index (χ1v) is 11.6. The lowest BCUT2D eigenvalue weighted by Crippen LogP contribution is -2.42. The van der Waals surface area contributed by atoms with Gasteiger partial charge in [0.2, 0.25) is 0 Å². The summed E-state index contributed by atoms with van der Waals surface area (Å²) in [4.78, 5) is 9.43. The van der Waals surface area contributed by atoms with Gasteiger partial charge in [-0.1, -0.05) is 13.8 Å². The first-order chi connectivity index (χ1) is 15.5. The second-order valence-corrected chi connectivity index (χ2v) is 9.78. The highest BCUT2D eigenvalue weighted by molar-refractivity contribution is 5.95. The number of pyridine rings is 1. The maximum absolute atomic E-state index is 9.49. The number of rotatable bonds is 3. The van der Waals surface area contributed by atoms with Gasteiger partial charge in [0, 0.05) is 42.9 Å². The highest BCUT2D eigenvalue weighted by atomic mass is 15.3. The van der Waals surface area contributed by atoms with E-state index in [-0.39, 0.29) is 0 Å². The Labute approximate surface area is 189 Å². The van der Waals surface area contributed by atoms with Gasteiger partial charge >= 0.3 is 0 Å². The molecular formula is C26H30N6. The van der Waals surface area contributed by atoms with Crippen LogP contribution in [0.3, 0.4) is 0 Å². The van der Waals surface area contributed by atoms with E-state index in [1.165, 1.54) is 12.1 Å². The smallest absolute Gasteiger partial charge is 0.151 e. The molecule has 6 nitrogen and oxygen atoms in total. The predicted octanol–water partition coefficient (Wildman–Crippen LogP) is 4.91. The number of fused-ring (bicyclic) bond motifs is 1. The maximum Gasteiger partial charge on any atom is 0.151 e. The number of nitriles is 1. The zero-order chi connectivity index (χ0) is 22.3. The van der Waals surface area contributed by atoms with E-state index in [1.54, 1.807) is 6.20 Å². The average molecular weight is 427 g/mol. The average Bonchev–Trinajstić information content (AvgIpc) is 3.14. The van der Waals surface area contributed by atoms with Crippen molar-refractivity contribution in [3.05, 3.63) is 53.9 Å². The fourth-order valence-corrected chi connectivity index (χ4v) is 5.52. The predicted molar refractivity (Wildman–Crippen MR) is 128 cm³/mol. The molecular weight excluding hydrogens is 396 g/mol. The van der Waals surface area contributed by atoms with E-state index in [9.17, 15) is 5.26 Å². The molecule has 2 fully saturated rings. The molecule has 2 saturated heterocycles. The lowest BCUT2D eigenvalue weighted by Gasteiger charge is -2.39. The Morgan fingerprint density at radius 3 is 2.59 bits per heavy atom. The highest BCUT2D eigenvalue weighted by Crippen LogP contribution is 2.46. The van der Waals surface area contributed by atoms with Gasteiger partial charge in [0.05, 0.1) is 16.8 Å². The summed E-state index contributed by atoms with van der Waals surface area (Å²) in [6, 6.07) is 15.1. The minimum atomic E-state index is 0.323. The summed E-state index contributed by atoms with van der Waals surface area (Å²) in [6.07, 6.45) is 5.29. The first-order valence-electron chi connectivity index (χ1n) is 11.6. The Morgan fingerprint density at radius 1 is 1.09 bits per heavy atom. The van der Waals surface area contributed by atoms with Crippen LogP contribution >= 0.6 is 0 Å². The van der Waals surface area contributed by atoms with Crippen LogP contribution in [0.1, 0.15) is 57.2 Å². The van der Waals surface area contributed by atoms with Crippen LogP contribution < -0.4 is 9.80 Å². The molecule has 0 bridgehead atoms. The molecule has 1 unspecified atom stereocenters. The van der Waals surface area contributed by atoms with Gasteiger partial charge in [0.25, 0.3) is 0 Å². The summed E-state index contributed by atoms with van der Waals surface area (Å²) in [5.74, 6) is 1.40. The number of hydrogen-bond acceptors (Lipinski definition) is 6. The monoisotopic (exact) mass is 426 g/mol. The van der Waals surface area contributed by atoms with Crippen LogP contribution in [-0.2, 0) is 0 Å². The minimum absolute atomic E-state index is 0.323. The van der Waals surface area contributed by atoms with Gasteiger partial charge < -0.3 is 9.80 Å². The van der Waals surface area contributed by atoms with Gasteiger partial charge in [-0.3, -0.25) is 4.98 Å². The van der Waals surface area contributed by atoms with Crippen LogP contribution in [0, 0.1) is 16.7 Å². The molecule has 0 N–H and O–H groups in total. The fraction of sp³-hybridized carbons (Fsp3) is 0.462. The van der Waals surface area contributed by atoms with Gasteiger partial charge in [0.15, 0.2) is 5.82 Å². The Balaban J connectivity index is 1.34. The summed E-state index contributed by atoms with van der Waals surface area (Å²) in [6.45, 7) is 9.72. The Hall–Kier alpha value is -3.20. The van der Waals surface area contributed by atoms with E-state index < -0.39 is 0 Å². The molecule has 1 spiro atoms. The molecule has 4 heterocycles. The second kappa shape index (κ2) is 8.05. The van der Waals surface area contributed by atoms with Crippen molar-refractivity contribution in [1.29, 1.82) is 5.26 Å². The number of anilines is 2. The van der Waals surface area contributed by atoms with Crippen LogP contribution in [0.15, 0.2) is 42.6 Å². The quantitative estimate of drug-likeness (QED) is 0.593. The number of benzene rings is 1. The Kier molecular flexibility index (Phi) is 5.21. The van der Waals surface area contributed by atoms with Crippen LogP contribution in [-0.4, -0.2) is 40.9 Å². The molecule has 32 heavy (non-hydrogen) atoms. The summed E-state index contributed by atoms with van der Waals surface area (Å²) >= 11 is 0. The molecule has 2 aliphatic rings. The van der Waals surface area contributed by atoms with Crippen molar-refractivity contribution in [3.63, 3.8) is 0 Å². The molecule has 6 heteroatoms. The van der Waals surface area contributed by atoms with Crippen molar-refractivity contribution in [2.24, 2.45) is 5.41 Å². The third-order valence-electron chi connectivity index (χ3n) is 7.35. The van der Waals surface area contributed by atoms with Gasteiger partial charge in [-0.2, -0.15) is 10.4 Å². The minimum Gasteiger partial charge on any atom is -0.368 e. The fourth-order valence-electron chi connectivity index (χ4n) is 5.52.